The Morgan fingerprint density at radius 1 is 0.837 bits per heavy atom. The van der Waals surface area contributed by atoms with Gasteiger partial charge in [0, 0.05) is 19.5 Å². The zero-order valence-corrected chi connectivity index (χ0v) is 32.7. The summed E-state index contributed by atoms with van der Waals surface area (Å²) in [5.41, 5.74) is 13.7. The molecule has 4 aliphatic rings. The highest BCUT2D eigenvalue weighted by Gasteiger charge is 2.59. The van der Waals surface area contributed by atoms with Gasteiger partial charge in [0.25, 0.3) is 0 Å². The maximum absolute atomic E-state index is 13.7. The van der Waals surface area contributed by atoms with Crippen LogP contribution in [-0.4, -0.2) is 69.5 Å². The molecule has 7 heteroatoms. The van der Waals surface area contributed by atoms with E-state index in [1.807, 2.05) is 4.90 Å². The van der Waals surface area contributed by atoms with Crippen LogP contribution in [0, 0.1) is 46.3 Å². The average Bonchev–Trinajstić information content (AvgIpc) is 3.43. The lowest BCUT2D eigenvalue weighted by Crippen LogP contribution is -2.51. The van der Waals surface area contributed by atoms with Gasteiger partial charge in [-0.1, -0.05) is 65.5 Å². The van der Waals surface area contributed by atoms with E-state index >= 15 is 0 Å². The topological polar surface area (TPSA) is 106 Å². The molecule has 284 valence electrons. The van der Waals surface area contributed by atoms with Crippen LogP contribution in [0.5, 0.6) is 0 Å². The molecule has 0 saturated heterocycles. The number of fused-ring (bicyclic) bond motifs is 5. The number of unbranched alkanes of at least 4 members (excludes halogenated alkanes) is 2. The van der Waals surface area contributed by atoms with Gasteiger partial charge in [0.2, 0.25) is 0 Å². The molecule has 0 aromatic heterocycles. The van der Waals surface area contributed by atoms with Crippen LogP contribution in [0.3, 0.4) is 0 Å². The van der Waals surface area contributed by atoms with Crippen molar-refractivity contribution in [1.82, 2.24) is 15.5 Å². The smallest absolute Gasteiger partial charge is 0.410 e. The second-order valence-corrected chi connectivity index (χ2v) is 17.7. The molecule has 1 amide bonds. The minimum atomic E-state index is -0.0944. The lowest BCUT2D eigenvalue weighted by Gasteiger charge is -2.58. The summed E-state index contributed by atoms with van der Waals surface area (Å²) in [5.74, 6) is 5.10. The van der Waals surface area contributed by atoms with E-state index in [9.17, 15) is 4.79 Å². The third-order valence-corrected chi connectivity index (χ3v) is 14.0. The van der Waals surface area contributed by atoms with E-state index in [2.05, 4.69) is 51.3 Å². The van der Waals surface area contributed by atoms with E-state index in [1.165, 1.54) is 57.8 Å². The van der Waals surface area contributed by atoms with Crippen LogP contribution < -0.4 is 22.1 Å². The van der Waals surface area contributed by atoms with E-state index in [0.29, 0.717) is 5.41 Å². The summed E-state index contributed by atoms with van der Waals surface area (Å²) in [7, 11) is 0. The van der Waals surface area contributed by atoms with Crippen LogP contribution in [0.25, 0.3) is 0 Å². The second-order valence-electron chi connectivity index (χ2n) is 17.7. The largest absolute Gasteiger partial charge is 0.446 e. The summed E-state index contributed by atoms with van der Waals surface area (Å²) in [6, 6.07) is 0. The van der Waals surface area contributed by atoms with Gasteiger partial charge >= 0.3 is 6.09 Å². The Hall–Kier alpha value is -1.15. The predicted molar refractivity (Wildman–Crippen MR) is 206 cm³/mol. The van der Waals surface area contributed by atoms with Crippen molar-refractivity contribution in [2.24, 2.45) is 57.8 Å². The standard InChI is InChI=1S/C42H79N5O2/c1-32(2)13-10-14-33(3)37-17-18-38-36-16-15-34-31-35(19-21-41(34,4)39(36)20-22-42(37,38)5)49-40(48)47(29-8-6-25-45-27-11-23-43)30-9-7-26-46-28-12-24-44/h15,32-33,35-39,45-46H,6-14,16-31,43-44H2,1-5H3/t33-,35?,36+,37-,38+,39+,41+,42-/m1/s1. The van der Waals surface area contributed by atoms with Gasteiger partial charge in [0.05, 0.1) is 0 Å². The van der Waals surface area contributed by atoms with E-state index < -0.39 is 0 Å². The summed E-state index contributed by atoms with van der Waals surface area (Å²) >= 11 is 0. The number of nitrogens with one attached hydrogen (secondary N) is 2. The molecule has 49 heavy (non-hydrogen) atoms. The molecule has 7 nitrogen and oxygen atoms in total. The van der Waals surface area contributed by atoms with Crippen LogP contribution in [0.1, 0.15) is 144 Å². The number of hydrogen-bond acceptors (Lipinski definition) is 6. The van der Waals surface area contributed by atoms with E-state index in [4.69, 9.17) is 16.2 Å². The van der Waals surface area contributed by atoms with Crippen molar-refractivity contribution >= 4 is 6.09 Å². The number of allylic oxidation sites excluding steroid dienone is 1. The summed E-state index contributed by atoms with van der Waals surface area (Å²) in [6.45, 7) is 19.5. The first-order valence-corrected chi connectivity index (χ1v) is 21.1. The van der Waals surface area contributed by atoms with Crippen LogP contribution in [0.15, 0.2) is 11.6 Å². The fraction of sp³-hybridized carbons (Fsp3) is 0.929. The van der Waals surface area contributed by atoms with Crippen molar-refractivity contribution in [2.45, 2.75) is 150 Å². The van der Waals surface area contributed by atoms with Crippen LogP contribution in [-0.2, 0) is 4.74 Å². The number of nitrogens with two attached hydrogens (primary N) is 2. The number of amides is 1. The van der Waals surface area contributed by atoms with Crippen LogP contribution >= 0.6 is 0 Å². The Kier molecular flexibility index (Phi) is 16.7. The van der Waals surface area contributed by atoms with E-state index in [1.54, 1.807) is 5.57 Å². The van der Waals surface area contributed by atoms with Crippen molar-refractivity contribution in [2.75, 3.05) is 52.4 Å². The lowest BCUT2D eigenvalue weighted by molar-refractivity contribution is -0.0593. The van der Waals surface area contributed by atoms with Gasteiger partial charge in [-0.25, -0.2) is 4.79 Å². The molecule has 0 bridgehead atoms. The number of rotatable bonds is 22. The van der Waals surface area contributed by atoms with Gasteiger partial charge in [-0.2, -0.15) is 0 Å². The normalized spacial score (nSPS) is 31.5. The molecule has 0 aromatic carbocycles. The third kappa shape index (κ3) is 10.9. The molecule has 8 atom stereocenters. The number of carbonyl (C=O) groups is 1. The van der Waals surface area contributed by atoms with E-state index in [-0.39, 0.29) is 17.6 Å². The average molecular weight is 686 g/mol. The summed E-state index contributed by atoms with van der Waals surface area (Å²) < 4.78 is 6.36. The summed E-state index contributed by atoms with van der Waals surface area (Å²) in [6.07, 6.45) is 22.9. The van der Waals surface area contributed by atoms with Crippen molar-refractivity contribution in [3.63, 3.8) is 0 Å². The van der Waals surface area contributed by atoms with Gasteiger partial charge in [-0.05, 0) is 169 Å². The number of hydrogen-bond donors (Lipinski definition) is 4. The zero-order valence-electron chi connectivity index (χ0n) is 32.7. The molecule has 0 heterocycles. The lowest BCUT2D eigenvalue weighted by atomic mass is 9.47. The highest BCUT2D eigenvalue weighted by molar-refractivity contribution is 5.67. The highest BCUT2D eigenvalue weighted by Crippen LogP contribution is 2.67. The first-order valence-electron chi connectivity index (χ1n) is 21.1. The molecule has 0 radical (unpaired) electrons. The van der Waals surface area contributed by atoms with Gasteiger partial charge in [0.15, 0.2) is 0 Å². The predicted octanol–water partition coefficient (Wildman–Crippen LogP) is 8.27. The molecule has 3 saturated carbocycles. The van der Waals surface area contributed by atoms with Crippen molar-refractivity contribution < 1.29 is 9.53 Å². The van der Waals surface area contributed by atoms with Crippen LogP contribution in [0.2, 0.25) is 0 Å². The fourth-order valence-corrected chi connectivity index (χ4v) is 11.1. The summed E-state index contributed by atoms with van der Waals surface area (Å²) in [4.78, 5) is 15.7. The van der Waals surface area contributed by atoms with E-state index in [0.717, 1.165) is 139 Å². The van der Waals surface area contributed by atoms with Crippen LogP contribution in [0.4, 0.5) is 4.79 Å². The Morgan fingerprint density at radius 3 is 2.12 bits per heavy atom. The maximum Gasteiger partial charge on any atom is 0.410 e. The molecule has 0 spiro atoms. The molecule has 4 rings (SSSR count). The molecular weight excluding hydrogens is 606 g/mol. The number of nitrogens with zero attached hydrogens (tertiary/aromatic N) is 1. The Balaban J connectivity index is 1.31. The van der Waals surface area contributed by atoms with Crippen molar-refractivity contribution in [3.05, 3.63) is 11.6 Å². The Morgan fingerprint density at radius 2 is 1.49 bits per heavy atom. The quantitative estimate of drug-likeness (QED) is 0.0676. The van der Waals surface area contributed by atoms with Crippen molar-refractivity contribution in [1.29, 1.82) is 0 Å². The molecule has 0 aliphatic heterocycles. The molecular formula is C42H79N5O2. The SMILES string of the molecule is CC(C)CCC[C@@H](C)[C@H]1CC[C@H]2[C@@H]3CC=C4CC(OC(=O)N(CCCCNCCCN)CCCCNCCCN)CC[C@]4(C)[C@H]3CC[C@]12C. The summed E-state index contributed by atoms with van der Waals surface area (Å²) in [5, 5.41) is 6.95. The van der Waals surface area contributed by atoms with Crippen molar-refractivity contribution in [3.8, 4) is 0 Å². The molecule has 4 aliphatic carbocycles. The van der Waals surface area contributed by atoms with Gasteiger partial charge in [-0.3, -0.25) is 0 Å². The zero-order chi connectivity index (χ0) is 35.3. The molecule has 1 unspecified atom stereocenters. The maximum atomic E-state index is 13.7. The molecule has 3 fully saturated rings. The number of carbonyl (C=O) groups excluding carboxylic acids is 1. The molecule has 6 N–H and O–H groups in total. The number of ether oxygens (including phenoxy) is 1. The van der Waals surface area contributed by atoms with Gasteiger partial charge < -0.3 is 31.7 Å². The fourth-order valence-electron chi connectivity index (χ4n) is 11.1. The first kappa shape index (κ1) is 40.6. The minimum Gasteiger partial charge on any atom is -0.446 e. The molecule has 0 aromatic rings. The van der Waals surface area contributed by atoms with Gasteiger partial charge in [0.1, 0.15) is 6.10 Å². The first-order chi connectivity index (χ1) is 23.6. The highest BCUT2D eigenvalue weighted by atomic mass is 16.6. The third-order valence-electron chi connectivity index (χ3n) is 14.0. The minimum absolute atomic E-state index is 0.0122. The van der Waals surface area contributed by atoms with Gasteiger partial charge in [-0.15, -0.1) is 0 Å². The monoisotopic (exact) mass is 686 g/mol. The Bertz CT molecular complexity index is 986. The second kappa shape index (κ2) is 20.2. The Labute approximate surface area is 302 Å².